The van der Waals surface area contributed by atoms with E-state index in [1.165, 1.54) is 15.4 Å². The highest BCUT2D eigenvalue weighted by Crippen LogP contribution is 2.30. The van der Waals surface area contributed by atoms with Crippen LogP contribution in [0.5, 0.6) is 0 Å². The molecule has 1 N–H and O–H groups in total. The molecular formula is C15H21NO3S. The Bertz CT molecular complexity index is 606. The quantitative estimate of drug-likeness (QED) is 0.917. The molecule has 1 aromatic carbocycles. The van der Waals surface area contributed by atoms with Crippen molar-refractivity contribution < 1.29 is 13.5 Å². The van der Waals surface area contributed by atoms with Gasteiger partial charge in [0.2, 0.25) is 10.0 Å². The first-order chi connectivity index (χ1) is 9.46. The lowest BCUT2D eigenvalue weighted by molar-refractivity contribution is 0.0367. The number of fused-ring (bicyclic) bond motifs is 1. The molecule has 5 heteroatoms. The molecule has 0 unspecified atom stereocenters. The first-order valence-electron chi connectivity index (χ1n) is 7.23. The molecule has 1 fully saturated rings. The summed E-state index contributed by atoms with van der Waals surface area (Å²) in [7, 11) is -1.77. The van der Waals surface area contributed by atoms with E-state index in [0.29, 0.717) is 30.2 Å². The van der Waals surface area contributed by atoms with Gasteiger partial charge in [-0.3, -0.25) is 0 Å². The predicted octanol–water partition coefficient (Wildman–Crippen LogP) is 1.57. The molecule has 0 radical (unpaired) electrons. The topological polar surface area (TPSA) is 57.6 Å². The second kappa shape index (κ2) is 5.13. The predicted molar refractivity (Wildman–Crippen MR) is 77.0 cm³/mol. The van der Waals surface area contributed by atoms with Crippen molar-refractivity contribution in [2.24, 2.45) is 5.92 Å². The Morgan fingerprint density at radius 3 is 2.65 bits per heavy atom. The van der Waals surface area contributed by atoms with Crippen LogP contribution in [0, 0.1) is 5.92 Å². The molecule has 110 valence electrons. The van der Waals surface area contributed by atoms with E-state index < -0.39 is 10.0 Å². The maximum Gasteiger partial charge on any atom is 0.242 e. The Balaban J connectivity index is 1.77. The molecule has 0 bridgehead atoms. The summed E-state index contributed by atoms with van der Waals surface area (Å²) >= 11 is 0. The second-order valence-corrected chi connectivity index (χ2v) is 8.11. The van der Waals surface area contributed by atoms with E-state index in [0.717, 1.165) is 19.3 Å². The van der Waals surface area contributed by atoms with Gasteiger partial charge >= 0.3 is 0 Å². The Morgan fingerprint density at radius 1 is 1.25 bits per heavy atom. The third-order valence-electron chi connectivity index (χ3n) is 4.50. The molecule has 3 rings (SSSR count). The molecule has 20 heavy (non-hydrogen) atoms. The largest absolute Gasteiger partial charge is 0.393 e. The van der Waals surface area contributed by atoms with Crippen LogP contribution in [-0.4, -0.2) is 37.5 Å². The fourth-order valence-corrected chi connectivity index (χ4v) is 4.50. The van der Waals surface area contributed by atoms with Gasteiger partial charge in [0, 0.05) is 13.6 Å². The van der Waals surface area contributed by atoms with Gasteiger partial charge in [0.05, 0.1) is 11.0 Å². The summed E-state index contributed by atoms with van der Waals surface area (Å²) < 4.78 is 26.5. The van der Waals surface area contributed by atoms with Crippen LogP contribution in [0.15, 0.2) is 23.1 Å². The Kier molecular flexibility index (Phi) is 3.60. The summed E-state index contributed by atoms with van der Waals surface area (Å²) in [6, 6.07) is 5.52. The summed E-state index contributed by atoms with van der Waals surface area (Å²) in [5, 5.41) is 9.29. The minimum absolute atomic E-state index is 0.240. The zero-order valence-electron chi connectivity index (χ0n) is 11.7. The lowest BCUT2D eigenvalue weighted by atomic mass is 9.82. The third kappa shape index (κ3) is 2.50. The van der Waals surface area contributed by atoms with Crippen molar-refractivity contribution in [1.29, 1.82) is 0 Å². The van der Waals surface area contributed by atoms with Gasteiger partial charge in [-0.25, -0.2) is 12.7 Å². The van der Waals surface area contributed by atoms with Gasteiger partial charge in [-0.15, -0.1) is 0 Å². The van der Waals surface area contributed by atoms with Gasteiger partial charge in [-0.2, -0.15) is 0 Å². The van der Waals surface area contributed by atoms with Gasteiger partial charge in [-0.05, 0) is 61.3 Å². The summed E-state index contributed by atoms with van der Waals surface area (Å²) in [6.07, 6.45) is 4.35. The first-order valence-corrected chi connectivity index (χ1v) is 8.67. The number of hydrogen-bond acceptors (Lipinski definition) is 3. The summed E-state index contributed by atoms with van der Waals surface area (Å²) in [5.74, 6) is 0.291. The van der Waals surface area contributed by atoms with Crippen molar-refractivity contribution in [3.63, 3.8) is 0 Å². The van der Waals surface area contributed by atoms with E-state index in [-0.39, 0.29) is 6.10 Å². The van der Waals surface area contributed by atoms with Crippen molar-refractivity contribution >= 4 is 10.0 Å². The molecule has 1 aromatic rings. The first kappa shape index (κ1) is 14.0. The van der Waals surface area contributed by atoms with Crippen molar-refractivity contribution in [2.45, 2.75) is 43.1 Å². The molecule has 0 spiro atoms. The van der Waals surface area contributed by atoms with Crippen LogP contribution >= 0.6 is 0 Å². The van der Waals surface area contributed by atoms with Crippen LogP contribution in [0.2, 0.25) is 0 Å². The maximum atomic E-state index is 12.6. The number of aliphatic hydroxyl groups is 1. The summed E-state index contributed by atoms with van der Waals surface area (Å²) in [6.45, 7) is 0.497. The number of benzene rings is 1. The van der Waals surface area contributed by atoms with Gasteiger partial charge in [-0.1, -0.05) is 6.07 Å². The van der Waals surface area contributed by atoms with Crippen LogP contribution in [0.4, 0.5) is 0 Å². The number of nitrogens with zero attached hydrogens (tertiary/aromatic N) is 1. The average Bonchev–Trinajstić information content (AvgIpc) is 2.83. The van der Waals surface area contributed by atoms with Crippen LogP contribution in [-0.2, 0) is 22.9 Å². The van der Waals surface area contributed by atoms with Gasteiger partial charge in [0.15, 0.2) is 0 Å². The zero-order chi connectivity index (χ0) is 14.3. The fraction of sp³-hybridized carbons (Fsp3) is 0.600. The van der Waals surface area contributed by atoms with Gasteiger partial charge in [0.1, 0.15) is 0 Å². The molecule has 0 atom stereocenters. The van der Waals surface area contributed by atoms with Gasteiger partial charge in [0.25, 0.3) is 0 Å². The minimum atomic E-state index is -3.40. The van der Waals surface area contributed by atoms with Crippen LogP contribution < -0.4 is 0 Å². The summed E-state index contributed by atoms with van der Waals surface area (Å²) in [4.78, 5) is 0.403. The van der Waals surface area contributed by atoms with Crippen molar-refractivity contribution in [2.75, 3.05) is 13.6 Å². The highest BCUT2D eigenvalue weighted by atomic mass is 32.2. The number of aliphatic hydroxyl groups excluding tert-OH is 1. The maximum absolute atomic E-state index is 12.6. The smallest absolute Gasteiger partial charge is 0.242 e. The van der Waals surface area contributed by atoms with Crippen molar-refractivity contribution in [3.05, 3.63) is 29.3 Å². The molecule has 0 heterocycles. The molecule has 1 saturated carbocycles. The van der Waals surface area contributed by atoms with Crippen molar-refractivity contribution in [3.8, 4) is 0 Å². The van der Waals surface area contributed by atoms with Gasteiger partial charge < -0.3 is 5.11 Å². The molecule has 0 amide bonds. The normalized spacial score (nSPS) is 25.6. The van der Waals surface area contributed by atoms with E-state index >= 15 is 0 Å². The second-order valence-electron chi connectivity index (χ2n) is 6.06. The van der Waals surface area contributed by atoms with Crippen LogP contribution in [0.3, 0.4) is 0 Å². The van der Waals surface area contributed by atoms with Crippen LogP contribution in [0.1, 0.15) is 30.4 Å². The monoisotopic (exact) mass is 295 g/mol. The molecule has 0 aromatic heterocycles. The molecular weight excluding hydrogens is 274 g/mol. The van der Waals surface area contributed by atoms with Crippen LogP contribution in [0.25, 0.3) is 0 Å². The Labute approximate surface area is 120 Å². The van der Waals surface area contributed by atoms with E-state index in [1.54, 1.807) is 13.1 Å². The number of rotatable bonds is 4. The SMILES string of the molecule is CN(CC1CC(O)C1)S(=O)(=O)c1ccc2c(c1)CCC2. The lowest BCUT2D eigenvalue weighted by Crippen LogP contribution is -2.39. The Morgan fingerprint density at radius 2 is 1.95 bits per heavy atom. The highest BCUT2D eigenvalue weighted by Gasteiger charge is 2.32. The van der Waals surface area contributed by atoms with Crippen molar-refractivity contribution in [1.82, 2.24) is 4.31 Å². The van der Waals surface area contributed by atoms with E-state index in [2.05, 4.69) is 0 Å². The molecule has 2 aliphatic rings. The standard InChI is InChI=1S/C15H21NO3S/c1-16(10-11-7-14(17)8-11)20(18,19)15-6-5-12-3-2-4-13(12)9-15/h5-6,9,11,14,17H,2-4,7-8,10H2,1H3. The third-order valence-corrected chi connectivity index (χ3v) is 6.32. The molecule has 0 saturated heterocycles. The average molecular weight is 295 g/mol. The van der Waals surface area contributed by atoms with E-state index in [1.807, 2.05) is 12.1 Å². The lowest BCUT2D eigenvalue weighted by Gasteiger charge is -2.34. The molecule has 2 aliphatic carbocycles. The fourth-order valence-electron chi connectivity index (χ4n) is 3.20. The molecule has 0 aliphatic heterocycles. The van der Waals surface area contributed by atoms with E-state index in [9.17, 15) is 13.5 Å². The highest BCUT2D eigenvalue weighted by molar-refractivity contribution is 7.89. The van der Waals surface area contributed by atoms with E-state index in [4.69, 9.17) is 0 Å². The zero-order valence-corrected chi connectivity index (χ0v) is 12.6. The summed E-state index contributed by atoms with van der Waals surface area (Å²) in [5.41, 5.74) is 2.47. The Hall–Kier alpha value is -0.910. The number of sulfonamides is 1. The number of aryl methyl sites for hydroxylation is 2. The number of hydrogen-bond donors (Lipinski definition) is 1. The molecule has 4 nitrogen and oxygen atoms in total. The minimum Gasteiger partial charge on any atom is -0.393 e.